The van der Waals surface area contributed by atoms with Crippen molar-refractivity contribution in [2.45, 2.75) is 38.1 Å². The van der Waals surface area contributed by atoms with Gasteiger partial charge in [0.25, 0.3) is 5.91 Å². The molecular weight excluding hydrogens is 298 g/mol. The maximum Gasteiger partial charge on any atom is 0.254 e. The number of fused-ring (bicyclic) bond motifs is 3. The van der Waals surface area contributed by atoms with Crippen LogP contribution >= 0.6 is 0 Å². The summed E-state index contributed by atoms with van der Waals surface area (Å²) in [6.07, 6.45) is 4.77. The van der Waals surface area contributed by atoms with Gasteiger partial charge in [0.15, 0.2) is 0 Å². The van der Waals surface area contributed by atoms with Crippen LogP contribution in [0, 0.1) is 0 Å². The Morgan fingerprint density at radius 3 is 2.62 bits per heavy atom. The van der Waals surface area contributed by atoms with E-state index in [0.717, 1.165) is 44.2 Å². The van der Waals surface area contributed by atoms with Gasteiger partial charge in [-0.15, -0.1) is 0 Å². The largest absolute Gasteiger partial charge is 0.396 e. The zero-order chi connectivity index (χ0) is 16.5. The number of aliphatic hydroxyl groups is 1. The Balaban J connectivity index is 1.56. The fourth-order valence-electron chi connectivity index (χ4n) is 3.67. The van der Waals surface area contributed by atoms with E-state index in [2.05, 4.69) is 36.4 Å². The molecule has 1 amide bonds. The fourth-order valence-corrected chi connectivity index (χ4v) is 3.67. The quantitative estimate of drug-likeness (QED) is 0.704. The monoisotopic (exact) mass is 321 g/mol. The molecule has 0 heterocycles. The van der Waals surface area contributed by atoms with E-state index in [0.29, 0.717) is 6.04 Å². The van der Waals surface area contributed by atoms with E-state index in [-0.39, 0.29) is 12.5 Å². The third-order valence-corrected chi connectivity index (χ3v) is 5.10. The average Bonchev–Trinajstić information content (AvgIpc) is 3.38. The standard InChI is InChI=1S/C21H23NO2/c23-12-4-3-11-22(18-8-9-18)21(24)16-7-10-20-17(14-16)13-15-5-1-2-6-19(15)20/h1-2,5-7,10,14,18,23H,3-4,8-9,11-13H2. The molecule has 0 radical (unpaired) electrons. The van der Waals surface area contributed by atoms with Gasteiger partial charge in [-0.2, -0.15) is 0 Å². The number of benzene rings is 2. The Kier molecular flexibility index (Phi) is 4.11. The summed E-state index contributed by atoms with van der Waals surface area (Å²) in [5.41, 5.74) is 5.97. The Bertz CT molecular complexity index is 764. The van der Waals surface area contributed by atoms with Crippen LogP contribution < -0.4 is 0 Å². The van der Waals surface area contributed by atoms with E-state index < -0.39 is 0 Å². The molecule has 0 unspecified atom stereocenters. The van der Waals surface area contributed by atoms with Gasteiger partial charge in [0.2, 0.25) is 0 Å². The first kappa shape index (κ1) is 15.4. The van der Waals surface area contributed by atoms with Gasteiger partial charge >= 0.3 is 0 Å². The van der Waals surface area contributed by atoms with E-state index in [9.17, 15) is 4.79 Å². The van der Waals surface area contributed by atoms with Gasteiger partial charge in [0, 0.05) is 24.8 Å². The number of aliphatic hydroxyl groups excluding tert-OH is 1. The maximum absolute atomic E-state index is 13.0. The van der Waals surface area contributed by atoms with Crippen molar-refractivity contribution in [3.05, 3.63) is 59.2 Å². The van der Waals surface area contributed by atoms with Gasteiger partial charge in [0.05, 0.1) is 0 Å². The summed E-state index contributed by atoms with van der Waals surface area (Å²) in [7, 11) is 0. The summed E-state index contributed by atoms with van der Waals surface area (Å²) in [5, 5.41) is 8.98. The molecule has 2 aromatic carbocycles. The van der Waals surface area contributed by atoms with Gasteiger partial charge < -0.3 is 10.0 Å². The summed E-state index contributed by atoms with van der Waals surface area (Å²) >= 11 is 0. The molecule has 4 rings (SSSR count). The van der Waals surface area contributed by atoms with Gasteiger partial charge in [-0.3, -0.25) is 4.79 Å². The number of carbonyl (C=O) groups is 1. The van der Waals surface area contributed by atoms with Crippen LogP contribution in [0.25, 0.3) is 11.1 Å². The van der Waals surface area contributed by atoms with E-state index in [1.807, 2.05) is 11.0 Å². The lowest BCUT2D eigenvalue weighted by Gasteiger charge is -2.22. The Morgan fingerprint density at radius 1 is 1.04 bits per heavy atom. The van der Waals surface area contributed by atoms with Gasteiger partial charge in [0.1, 0.15) is 0 Å². The van der Waals surface area contributed by atoms with E-state index in [1.165, 1.54) is 22.3 Å². The first-order chi connectivity index (χ1) is 11.8. The van der Waals surface area contributed by atoms with Crippen molar-refractivity contribution in [1.29, 1.82) is 0 Å². The number of rotatable bonds is 6. The third kappa shape index (κ3) is 2.84. The van der Waals surface area contributed by atoms with Crippen LogP contribution in [0.2, 0.25) is 0 Å². The highest BCUT2D eigenvalue weighted by Gasteiger charge is 2.33. The summed E-state index contributed by atoms with van der Waals surface area (Å²) in [6, 6.07) is 15.0. The summed E-state index contributed by atoms with van der Waals surface area (Å²) in [5.74, 6) is 0.147. The number of unbranched alkanes of at least 4 members (excludes halogenated alkanes) is 1. The highest BCUT2D eigenvalue weighted by atomic mass is 16.3. The molecular formula is C21H23NO2. The molecule has 0 saturated heterocycles. The molecule has 3 nitrogen and oxygen atoms in total. The van der Waals surface area contributed by atoms with Crippen molar-refractivity contribution >= 4 is 5.91 Å². The molecule has 1 saturated carbocycles. The van der Waals surface area contributed by atoms with E-state index in [1.54, 1.807) is 0 Å². The Labute approximate surface area is 142 Å². The number of amides is 1. The molecule has 2 aliphatic carbocycles. The minimum absolute atomic E-state index is 0.147. The van der Waals surface area contributed by atoms with Crippen molar-refractivity contribution in [2.75, 3.05) is 13.2 Å². The molecule has 0 spiro atoms. The smallest absolute Gasteiger partial charge is 0.254 e. The molecule has 0 bridgehead atoms. The van der Waals surface area contributed by atoms with Crippen LogP contribution in [0.4, 0.5) is 0 Å². The first-order valence-electron chi connectivity index (χ1n) is 8.91. The van der Waals surface area contributed by atoms with Crippen LogP contribution in [0.15, 0.2) is 42.5 Å². The molecule has 124 valence electrons. The van der Waals surface area contributed by atoms with Crippen molar-refractivity contribution in [3.63, 3.8) is 0 Å². The van der Waals surface area contributed by atoms with Gasteiger partial charge in [-0.05, 0) is 66.5 Å². The van der Waals surface area contributed by atoms with Crippen molar-refractivity contribution in [1.82, 2.24) is 4.90 Å². The van der Waals surface area contributed by atoms with Crippen LogP contribution in [0.5, 0.6) is 0 Å². The molecule has 0 aliphatic heterocycles. The highest BCUT2D eigenvalue weighted by molar-refractivity contribution is 5.96. The average molecular weight is 321 g/mol. The Hall–Kier alpha value is -2.13. The molecule has 2 aromatic rings. The third-order valence-electron chi connectivity index (χ3n) is 5.10. The molecule has 0 aromatic heterocycles. The summed E-state index contributed by atoms with van der Waals surface area (Å²) in [4.78, 5) is 15.0. The van der Waals surface area contributed by atoms with E-state index in [4.69, 9.17) is 5.11 Å². The van der Waals surface area contributed by atoms with Crippen LogP contribution in [0.1, 0.15) is 47.2 Å². The lowest BCUT2D eigenvalue weighted by molar-refractivity contribution is 0.0737. The molecule has 1 fully saturated rings. The Morgan fingerprint density at radius 2 is 1.83 bits per heavy atom. The predicted molar refractivity (Wildman–Crippen MR) is 95.1 cm³/mol. The van der Waals surface area contributed by atoms with Crippen LogP contribution in [-0.2, 0) is 6.42 Å². The second-order valence-electron chi connectivity index (χ2n) is 6.87. The normalized spacial score (nSPS) is 15.0. The minimum atomic E-state index is 0.147. The predicted octanol–water partition coefficient (Wildman–Crippen LogP) is 3.63. The number of nitrogens with zero attached hydrogens (tertiary/aromatic N) is 1. The van der Waals surface area contributed by atoms with Crippen molar-refractivity contribution in [2.24, 2.45) is 0 Å². The van der Waals surface area contributed by atoms with Crippen molar-refractivity contribution in [3.8, 4) is 11.1 Å². The maximum atomic E-state index is 13.0. The van der Waals surface area contributed by atoms with Gasteiger partial charge in [-0.1, -0.05) is 30.3 Å². The molecule has 1 N–H and O–H groups in total. The molecule has 0 atom stereocenters. The van der Waals surface area contributed by atoms with Crippen LogP contribution in [-0.4, -0.2) is 35.1 Å². The number of hydrogen-bond acceptors (Lipinski definition) is 2. The summed E-state index contributed by atoms with van der Waals surface area (Å²) < 4.78 is 0. The van der Waals surface area contributed by atoms with Crippen LogP contribution in [0.3, 0.4) is 0 Å². The second kappa shape index (κ2) is 6.40. The lowest BCUT2D eigenvalue weighted by Crippen LogP contribution is -2.34. The zero-order valence-electron chi connectivity index (χ0n) is 13.9. The van der Waals surface area contributed by atoms with Gasteiger partial charge in [-0.25, -0.2) is 0 Å². The minimum Gasteiger partial charge on any atom is -0.396 e. The second-order valence-corrected chi connectivity index (χ2v) is 6.87. The molecule has 24 heavy (non-hydrogen) atoms. The summed E-state index contributed by atoms with van der Waals surface area (Å²) in [6.45, 7) is 0.950. The first-order valence-corrected chi connectivity index (χ1v) is 8.91. The molecule has 3 heteroatoms. The molecule has 2 aliphatic rings. The van der Waals surface area contributed by atoms with E-state index >= 15 is 0 Å². The SMILES string of the molecule is O=C(c1ccc2c(c1)Cc1ccccc1-2)N(CCCCO)C1CC1. The number of hydrogen-bond donors (Lipinski definition) is 1. The number of carbonyl (C=O) groups excluding carboxylic acids is 1. The zero-order valence-corrected chi connectivity index (χ0v) is 13.9. The van der Waals surface area contributed by atoms with Crippen molar-refractivity contribution < 1.29 is 9.90 Å². The topological polar surface area (TPSA) is 40.5 Å². The fraction of sp³-hybridized carbons (Fsp3) is 0.381. The lowest BCUT2D eigenvalue weighted by atomic mass is 10.0. The highest BCUT2D eigenvalue weighted by Crippen LogP contribution is 2.37.